The number of rotatable bonds is 1. The van der Waals surface area contributed by atoms with E-state index in [1.54, 1.807) is 11.3 Å². The van der Waals surface area contributed by atoms with Crippen LogP contribution in [0.2, 0.25) is 0 Å². The first kappa shape index (κ1) is 23.6. The van der Waals surface area contributed by atoms with Crippen molar-refractivity contribution in [2.45, 2.75) is 63.6 Å². The quantitative estimate of drug-likeness (QED) is 0.345. The first-order valence-electron chi connectivity index (χ1n) is 10.9. The third kappa shape index (κ3) is 5.77. The molecule has 2 fully saturated rings. The van der Waals surface area contributed by atoms with Gasteiger partial charge in [-0.2, -0.15) is 0 Å². The van der Waals surface area contributed by atoms with Gasteiger partial charge in [0, 0.05) is 37.9 Å². The average Bonchev–Trinajstić information content (AvgIpc) is 2.99. The number of aliphatic hydroxyl groups is 2. The van der Waals surface area contributed by atoms with E-state index in [1.807, 2.05) is 30.5 Å². The third-order valence-corrected chi connectivity index (χ3v) is 7.42. The van der Waals surface area contributed by atoms with Crippen LogP contribution in [0.1, 0.15) is 51.4 Å². The Labute approximate surface area is 196 Å². The molecule has 3 nitrogen and oxygen atoms in total. The minimum absolute atomic E-state index is 0. The summed E-state index contributed by atoms with van der Waals surface area (Å²) >= 11 is 1.73. The van der Waals surface area contributed by atoms with Gasteiger partial charge in [-0.15, -0.1) is 23.6 Å². The van der Waals surface area contributed by atoms with Crippen LogP contribution in [0.25, 0.3) is 20.7 Å². The van der Waals surface area contributed by atoms with Gasteiger partial charge in [0.1, 0.15) is 0 Å². The summed E-state index contributed by atoms with van der Waals surface area (Å²) in [6.07, 6.45) is 10.3. The van der Waals surface area contributed by atoms with Gasteiger partial charge in [0.2, 0.25) is 0 Å². The Balaban J connectivity index is 0.000000166. The van der Waals surface area contributed by atoms with Crippen molar-refractivity contribution in [3.8, 4) is 10.6 Å². The van der Waals surface area contributed by atoms with Gasteiger partial charge in [-0.05, 0) is 47.2 Å². The van der Waals surface area contributed by atoms with E-state index in [4.69, 9.17) is 0 Å². The number of fused-ring (bicyclic) bond motifs is 2. The molecule has 2 N–H and O–H groups in total. The van der Waals surface area contributed by atoms with Gasteiger partial charge in [0.05, 0.1) is 12.2 Å². The second kappa shape index (κ2) is 11.5. The maximum absolute atomic E-state index is 10.0. The number of hydrogen-bond acceptors (Lipinski definition) is 4. The summed E-state index contributed by atoms with van der Waals surface area (Å²) in [5, 5.41) is 21.2. The minimum atomic E-state index is -0.240. The van der Waals surface area contributed by atoms with Crippen LogP contribution in [-0.2, 0) is 20.1 Å². The van der Waals surface area contributed by atoms with Gasteiger partial charge in [-0.1, -0.05) is 49.9 Å². The molecular formula is C25H30IrNO2S-. The molecule has 2 atom stereocenters. The van der Waals surface area contributed by atoms with Gasteiger partial charge in [-0.3, -0.25) is 0 Å². The topological polar surface area (TPSA) is 53.4 Å². The SMILES string of the molecule is OC1CCCCC2CCCCC(O)C12.[Ir].[c-]1c(-c2ccccn2)sc2ccccc12. The summed E-state index contributed by atoms with van der Waals surface area (Å²) in [6, 6.07) is 17.6. The Morgan fingerprint density at radius 1 is 0.833 bits per heavy atom. The molecule has 2 heterocycles. The summed E-state index contributed by atoms with van der Waals surface area (Å²) in [5.41, 5.74) is 0.999. The van der Waals surface area contributed by atoms with Crippen molar-refractivity contribution in [1.29, 1.82) is 0 Å². The zero-order valence-corrected chi connectivity index (χ0v) is 20.4. The molecule has 2 aliphatic carbocycles. The molecule has 1 radical (unpaired) electrons. The number of nitrogens with zero attached hydrogens (tertiary/aromatic N) is 1. The van der Waals surface area contributed by atoms with Crippen molar-refractivity contribution in [3.05, 3.63) is 54.7 Å². The molecule has 0 saturated heterocycles. The fourth-order valence-electron chi connectivity index (χ4n) is 4.85. The fraction of sp³-hybridized carbons (Fsp3) is 0.480. The number of aromatic nitrogens is 1. The van der Waals surface area contributed by atoms with Crippen LogP contribution in [0.3, 0.4) is 0 Å². The first-order chi connectivity index (χ1) is 14.2. The molecule has 0 aliphatic heterocycles. The molecule has 3 aromatic rings. The Hall–Kier alpha value is -1.10. The number of thiophene rings is 1. The van der Waals surface area contributed by atoms with Crippen molar-refractivity contribution in [3.63, 3.8) is 0 Å². The maximum atomic E-state index is 10.0. The Morgan fingerprint density at radius 3 is 2.10 bits per heavy atom. The predicted octanol–water partition coefficient (Wildman–Crippen LogP) is 5.85. The second-order valence-electron chi connectivity index (χ2n) is 8.31. The van der Waals surface area contributed by atoms with Gasteiger partial charge in [0.25, 0.3) is 0 Å². The van der Waals surface area contributed by atoms with Crippen molar-refractivity contribution < 1.29 is 30.3 Å². The fourth-order valence-corrected chi connectivity index (χ4v) is 5.83. The van der Waals surface area contributed by atoms with E-state index in [0.29, 0.717) is 5.92 Å². The van der Waals surface area contributed by atoms with Crippen LogP contribution in [0.15, 0.2) is 48.7 Å². The van der Waals surface area contributed by atoms with Crippen molar-refractivity contribution in [2.24, 2.45) is 11.8 Å². The van der Waals surface area contributed by atoms with Crippen LogP contribution < -0.4 is 0 Å². The Bertz CT molecular complexity index is 849. The van der Waals surface area contributed by atoms with Gasteiger partial charge >= 0.3 is 0 Å². The van der Waals surface area contributed by atoms with Crippen LogP contribution >= 0.6 is 11.3 Å². The Morgan fingerprint density at radius 2 is 1.47 bits per heavy atom. The number of benzene rings is 1. The van der Waals surface area contributed by atoms with E-state index in [1.165, 1.54) is 35.8 Å². The van der Waals surface area contributed by atoms with Crippen molar-refractivity contribution in [2.75, 3.05) is 0 Å². The summed E-state index contributed by atoms with van der Waals surface area (Å²) in [6.45, 7) is 0. The van der Waals surface area contributed by atoms with E-state index in [-0.39, 0.29) is 38.2 Å². The standard InChI is InChI=1S/C13H8NS.C12H22O2.Ir/c1-2-7-12-10(5-1)9-13(15-12)11-6-3-4-8-14-11;13-10-7-3-1-5-9-6-2-4-8-11(14)12(9)10;/h1-8H;9-14H,1-8H2;/q-1;;. The van der Waals surface area contributed by atoms with Crippen molar-refractivity contribution in [1.82, 2.24) is 4.98 Å². The van der Waals surface area contributed by atoms with E-state index >= 15 is 0 Å². The molecule has 0 spiro atoms. The molecule has 5 heteroatoms. The van der Waals surface area contributed by atoms with Crippen LogP contribution in [0.5, 0.6) is 0 Å². The average molecular weight is 601 g/mol. The van der Waals surface area contributed by atoms with Gasteiger partial charge in [0.15, 0.2) is 0 Å². The molecule has 0 bridgehead atoms. The second-order valence-corrected chi connectivity index (χ2v) is 9.36. The van der Waals surface area contributed by atoms with E-state index in [0.717, 1.165) is 36.3 Å². The monoisotopic (exact) mass is 601 g/mol. The van der Waals surface area contributed by atoms with E-state index < -0.39 is 0 Å². The maximum Gasteiger partial charge on any atom is 0.0595 e. The predicted molar refractivity (Wildman–Crippen MR) is 120 cm³/mol. The minimum Gasteiger partial charge on any atom is -0.393 e. The molecule has 2 unspecified atom stereocenters. The smallest absolute Gasteiger partial charge is 0.0595 e. The zero-order valence-electron chi connectivity index (χ0n) is 17.2. The number of aliphatic hydroxyl groups excluding tert-OH is 2. The van der Waals surface area contributed by atoms with Gasteiger partial charge < -0.3 is 15.2 Å². The molecule has 163 valence electrons. The molecule has 5 rings (SSSR count). The third-order valence-electron chi connectivity index (χ3n) is 6.33. The largest absolute Gasteiger partial charge is 0.393 e. The first-order valence-corrected chi connectivity index (χ1v) is 11.7. The number of pyridine rings is 1. The summed E-state index contributed by atoms with van der Waals surface area (Å²) < 4.78 is 1.26. The summed E-state index contributed by atoms with van der Waals surface area (Å²) in [5.74, 6) is 0.769. The normalized spacial score (nSPS) is 26.3. The van der Waals surface area contributed by atoms with Crippen LogP contribution in [0.4, 0.5) is 0 Å². The Kier molecular flexibility index (Phi) is 9.03. The molecule has 1 aromatic carbocycles. The zero-order chi connectivity index (χ0) is 20.1. The van der Waals surface area contributed by atoms with Crippen LogP contribution in [0, 0.1) is 17.9 Å². The summed E-state index contributed by atoms with van der Waals surface area (Å²) in [4.78, 5) is 5.43. The molecule has 2 aromatic heterocycles. The molecular weight excluding hydrogens is 571 g/mol. The van der Waals surface area contributed by atoms with E-state index in [2.05, 4.69) is 29.2 Å². The van der Waals surface area contributed by atoms with Crippen molar-refractivity contribution >= 4 is 21.4 Å². The number of hydrogen-bond donors (Lipinski definition) is 2. The van der Waals surface area contributed by atoms with E-state index in [9.17, 15) is 10.2 Å². The summed E-state index contributed by atoms with van der Waals surface area (Å²) in [7, 11) is 0. The molecule has 0 amide bonds. The van der Waals surface area contributed by atoms with Crippen LogP contribution in [-0.4, -0.2) is 27.4 Å². The van der Waals surface area contributed by atoms with Gasteiger partial charge in [-0.25, -0.2) is 11.3 Å². The molecule has 2 aliphatic rings. The molecule has 30 heavy (non-hydrogen) atoms. The molecule has 2 saturated carbocycles.